The maximum Gasteiger partial charge on any atom is 0.490 e. The number of carbonyl (C=O) groups is 2. The molecule has 2 aromatic carbocycles. The normalized spacial score (nSPS) is 11.0. The highest BCUT2D eigenvalue weighted by Gasteiger charge is 2.38. The zero-order valence-corrected chi connectivity index (χ0v) is 22.9. The number of anilines is 1. The van der Waals surface area contributed by atoms with Gasteiger partial charge in [0.15, 0.2) is 0 Å². The van der Waals surface area contributed by atoms with Crippen LogP contribution in [0.3, 0.4) is 0 Å². The molecule has 0 saturated heterocycles. The fraction of sp³-hybridized carbons (Fsp3) is 0.222. The molecule has 4 aromatic rings. The van der Waals surface area contributed by atoms with Crippen molar-refractivity contribution < 1.29 is 42.4 Å². The fourth-order valence-corrected chi connectivity index (χ4v) is 4.53. The first kappa shape index (κ1) is 31.5. The number of fused-ring (bicyclic) bond motifs is 1. The van der Waals surface area contributed by atoms with Crippen molar-refractivity contribution in [2.24, 2.45) is 0 Å². The van der Waals surface area contributed by atoms with Crippen LogP contribution in [-0.4, -0.2) is 46.4 Å². The third kappa shape index (κ3) is 9.23. The number of hydrogen-bond donors (Lipinski definition) is 4. The van der Waals surface area contributed by atoms with Crippen LogP contribution in [0.5, 0.6) is 11.5 Å². The highest BCUT2D eigenvalue weighted by Crippen LogP contribution is 2.33. The Labute approximate surface area is 241 Å². The summed E-state index contributed by atoms with van der Waals surface area (Å²) < 4.78 is 44.4. The third-order valence-electron chi connectivity index (χ3n) is 5.33. The number of nitrogen functional groups attached to an aromatic ring is 1. The summed E-state index contributed by atoms with van der Waals surface area (Å²) in [6.07, 6.45) is -3.11. The molecule has 0 bridgehead atoms. The van der Waals surface area contributed by atoms with Crippen LogP contribution in [-0.2, 0) is 18.0 Å². The second kappa shape index (κ2) is 14.5. The van der Waals surface area contributed by atoms with Gasteiger partial charge in [-0.05, 0) is 41.6 Å². The number of hydrogen-bond acceptors (Lipinski definition) is 8. The second-order valence-electron chi connectivity index (χ2n) is 8.34. The van der Waals surface area contributed by atoms with Gasteiger partial charge < -0.3 is 30.7 Å². The number of carboxylic acid groups (broad SMARTS) is 1. The number of halogens is 4. The van der Waals surface area contributed by atoms with Gasteiger partial charge in [0.2, 0.25) is 0 Å². The number of aliphatic hydroxyl groups excluding tert-OH is 1. The van der Waals surface area contributed by atoms with Crippen LogP contribution in [0.25, 0.3) is 10.1 Å². The zero-order valence-electron chi connectivity index (χ0n) is 21.3. The molecule has 9 nitrogen and oxygen atoms in total. The lowest BCUT2D eigenvalue weighted by Crippen LogP contribution is -2.25. The van der Waals surface area contributed by atoms with Crippen LogP contribution in [0.4, 0.5) is 19.0 Å². The lowest BCUT2D eigenvalue weighted by molar-refractivity contribution is -0.192. The number of pyridine rings is 1. The Bertz CT molecular complexity index is 1480. The van der Waals surface area contributed by atoms with E-state index in [0.29, 0.717) is 47.5 Å². The summed E-state index contributed by atoms with van der Waals surface area (Å²) in [6.45, 7) is 1.09. The van der Waals surface area contributed by atoms with Gasteiger partial charge in [-0.15, -0.1) is 11.3 Å². The molecular formula is C27H25ClF3N3O6S. The Hall–Kier alpha value is -4.07. The number of aromatic nitrogens is 1. The standard InChI is InChI=1S/C25H24ClN3O4S.C2HF3O2/c26-18-7-5-16(6-8-18)13-32-19-3-1-4-20(11-19)33-14-17-15-34-23-21(12-29-24(27)22(17)23)25(31)28-9-2-10-30;3-2(4,5)1(6)7/h1,3-8,11-12,15,30H,2,9-10,13-14H2,(H2,27,29)(H,28,31);(H,6,7). The summed E-state index contributed by atoms with van der Waals surface area (Å²) in [5.41, 5.74) is 8.45. The fourth-order valence-electron chi connectivity index (χ4n) is 3.34. The number of nitrogens with zero attached hydrogens (tertiary/aromatic N) is 1. The Morgan fingerprint density at radius 1 is 1.07 bits per heavy atom. The van der Waals surface area contributed by atoms with E-state index in [1.807, 2.05) is 53.9 Å². The van der Waals surface area contributed by atoms with Crippen LogP contribution in [0, 0.1) is 0 Å². The zero-order chi connectivity index (χ0) is 30.0. The minimum atomic E-state index is -5.08. The average molecular weight is 612 g/mol. The minimum absolute atomic E-state index is 0.0174. The molecule has 0 saturated carbocycles. The van der Waals surface area contributed by atoms with Crippen LogP contribution in [0.1, 0.15) is 27.9 Å². The molecule has 41 heavy (non-hydrogen) atoms. The molecule has 5 N–H and O–H groups in total. The number of thiophene rings is 1. The SMILES string of the molecule is Nc1ncc(C(=O)NCCCO)c2scc(COc3cccc(OCc4ccc(Cl)cc4)c3)c12.O=C(O)C(F)(F)F. The van der Waals surface area contributed by atoms with Crippen LogP contribution in [0.15, 0.2) is 60.1 Å². The predicted molar refractivity (Wildman–Crippen MR) is 148 cm³/mol. The van der Waals surface area contributed by atoms with Crippen molar-refractivity contribution >= 4 is 50.7 Å². The van der Waals surface area contributed by atoms with E-state index in [0.717, 1.165) is 21.2 Å². The molecular weight excluding hydrogens is 587 g/mol. The molecule has 1 amide bonds. The summed E-state index contributed by atoms with van der Waals surface area (Å²) in [6, 6.07) is 14.9. The second-order valence-corrected chi connectivity index (χ2v) is 9.65. The predicted octanol–water partition coefficient (Wildman–Crippen LogP) is 5.44. The van der Waals surface area contributed by atoms with Crippen molar-refractivity contribution in [1.29, 1.82) is 0 Å². The number of alkyl halides is 3. The number of ether oxygens (including phenoxy) is 2. The van der Waals surface area contributed by atoms with E-state index in [4.69, 9.17) is 41.8 Å². The molecule has 4 rings (SSSR count). The maximum absolute atomic E-state index is 12.5. The van der Waals surface area contributed by atoms with Crippen molar-refractivity contribution in [3.05, 3.63) is 81.8 Å². The first-order chi connectivity index (χ1) is 19.5. The first-order valence-electron chi connectivity index (χ1n) is 11.9. The van der Waals surface area contributed by atoms with Crippen LogP contribution < -0.4 is 20.5 Å². The molecule has 14 heteroatoms. The lowest BCUT2D eigenvalue weighted by atomic mass is 10.1. The van der Waals surface area contributed by atoms with E-state index in [9.17, 15) is 18.0 Å². The Balaban J connectivity index is 0.000000587. The van der Waals surface area contributed by atoms with E-state index in [-0.39, 0.29) is 19.1 Å². The van der Waals surface area contributed by atoms with Crippen LogP contribution >= 0.6 is 22.9 Å². The topological polar surface area (TPSA) is 144 Å². The molecule has 0 spiro atoms. The van der Waals surface area contributed by atoms with Gasteiger partial charge in [0.25, 0.3) is 5.91 Å². The van der Waals surface area contributed by atoms with Crippen molar-refractivity contribution in [1.82, 2.24) is 10.3 Å². The van der Waals surface area contributed by atoms with Gasteiger partial charge in [-0.1, -0.05) is 29.8 Å². The first-order valence-corrected chi connectivity index (χ1v) is 13.2. The number of benzene rings is 2. The van der Waals surface area contributed by atoms with Gasteiger partial charge in [0.05, 0.1) is 10.3 Å². The van der Waals surface area contributed by atoms with Crippen molar-refractivity contribution in [3.63, 3.8) is 0 Å². The number of aliphatic carboxylic acids is 1. The van der Waals surface area contributed by atoms with E-state index < -0.39 is 12.1 Å². The number of carboxylic acids is 1. The molecule has 0 atom stereocenters. The average Bonchev–Trinajstić information content (AvgIpc) is 3.37. The Morgan fingerprint density at radius 3 is 2.32 bits per heavy atom. The summed E-state index contributed by atoms with van der Waals surface area (Å²) in [5, 5.41) is 22.2. The van der Waals surface area contributed by atoms with E-state index >= 15 is 0 Å². The number of rotatable bonds is 10. The third-order valence-corrected chi connectivity index (χ3v) is 6.64. The van der Waals surface area contributed by atoms with Gasteiger partial charge in [-0.3, -0.25) is 4.79 Å². The van der Waals surface area contributed by atoms with Gasteiger partial charge in [-0.25, -0.2) is 9.78 Å². The van der Waals surface area contributed by atoms with E-state index in [1.165, 1.54) is 17.5 Å². The molecule has 218 valence electrons. The summed E-state index contributed by atoms with van der Waals surface area (Å²) in [5.74, 6) is -1.32. The van der Waals surface area contributed by atoms with Crippen LogP contribution in [0.2, 0.25) is 5.02 Å². The van der Waals surface area contributed by atoms with Crippen molar-refractivity contribution in [2.75, 3.05) is 18.9 Å². The number of carbonyl (C=O) groups excluding carboxylic acids is 1. The smallest absolute Gasteiger partial charge is 0.489 e. The number of nitrogens with two attached hydrogens (primary N) is 1. The summed E-state index contributed by atoms with van der Waals surface area (Å²) in [4.78, 5) is 25.6. The lowest BCUT2D eigenvalue weighted by Gasteiger charge is -2.10. The largest absolute Gasteiger partial charge is 0.490 e. The molecule has 0 unspecified atom stereocenters. The number of nitrogens with one attached hydrogen (secondary N) is 1. The Kier molecular flexibility index (Phi) is 11.1. The van der Waals surface area contributed by atoms with E-state index in [1.54, 1.807) is 0 Å². The summed E-state index contributed by atoms with van der Waals surface area (Å²) in [7, 11) is 0. The van der Waals surface area contributed by atoms with Crippen molar-refractivity contribution in [2.45, 2.75) is 25.8 Å². The van der Waals surface area contributed by atoms with E-state index in [2.05, 4.69) is 10.3 Å². The highest BCUT2D eigenvalue weighted by atomic mass is 35.5. The number of aliphatic hydroxyl groups is 1. The molecule has 2 heterocycles. The highest BCUT2D eigenvalue weighted by molar-refractivity contribution is 7.17. The van der Waals surface area contributed by atoms with Gasteiger partial charge in [0.1, 0.15) is 30.5 Å². The molecule has 0 aliphatic carbocycles. The molecule has 2 aromatic heterocycles. The van der Waals surface area contributed by atoms with Gasteiger partial charge in [-0.2, -0.15) is 13.2 Å². The number of amides is 1. The maximum atomic E-state index is 12.5. The minimum Gasteiger partial charge on any atom is -0.489 e. The molecule has 0 aliphatic rings. The van der Waals surface area contributed by atoms with Gasteiger partial charge >= 0.3 is 12.1 Å². The quantitative estimate of drug-likeness (QED) is 0.174. The molecule has 0 aliphatic heterocycles. The Morgan fingerprint density at radius 2 is 1.71 bits per heavy atom. The summed E-state index contributed by atoms with van der Waals surface area (Å²) >= 11 is 7.35. The molecule has 0 radical (unpaired) electrons. The monoisotopic (exact) mass is 611 g/mol. The molecule has 0 fully saturated rings. The van der Waals surface area contributed by atoms with Crippen molar-refractivity contribution in [3.8, 4) is 11.5 Å². The van der Waals surface area contributed by atoms with Gasteiger partial charge in [0, 0.05) is 41.4 Å².